The zero-order valence-corrected chi connectivity index (χ0v) is 18.5. The highest BCUT2D eigenvalue weighted by atomic mass is 19.4. The third-order valence-corrected chi connectivity index (χ3v) is 5.30. The maximum atomic E-state index is 12.7. The molecule has 0 saturated carbocycles. The van der Waals surface area contributed by atoms with Gasteiger partial charge in [-0.2, -0.15) is 13.2 Å². The monoisotopic (exact) mass is 466 g/mol. The van der Waals surface area contributed by atoms with Crippen LogP contribution in [0.4, 0.5) is 13.2 Å². The van der Waals surface area contributed by atoms with E-state index in [1.54, 1.807) is 24.3 Å². The van der Waals surface area contributed by atoms with Crippen molar-refractivity contribution in [2.75, 3.05) is 6.61 Å². The summed E-state index contributed by atoms with van der Waals surface area (Å²) in [6.07, 6.45) is 1.81. The van der Waals surface area contributed by atoms with Crippen LogP contribution in [0, 0.1) is 0 Å². The number of aromatic carboxylic acids is 1. The Morgan fingerprint density at radius 2 is 1.50 bits per heavy atom. The predicted octanol–water partition coefficient (Wildman–Crippen LogP) is 7.58. The second kappa shape index (κ2) is 11.4. The van der Waals surface area contributed by atoms with Crippen LogP contribution in [0.15, 0.2) is 97.1 Å². The Bertz CT molecular complexity index is 1130. The summed E-state index contributed by atoms with van der Waals surface area (Å²) in [5.41, 5.74) is 3.22. The summed E-state index contributed by atoms with van der Waals surface area (Å²) in [7, 11) is 0. The minimum absolute atomic E-state index is 0.268. The Labute approximate surface area is 196 Å². The Morgan fingerprint density at radius 3 is 2.03 bits per heavy atom. The van der Waals surface area contributed by atoms with Gasteiger partial charge in [-0.05, 0) is 77.9 Å². The van der Waals surface area contributed by atoms with Crippen molar-refractivity contribution in [1.29, 1.82) is 0 Å². The third-order valence-electron chi connectivity index (χ3n) is 5.30. The molecule has 0 heterocycles. The van der Waals surface area contributed by atoms with E-state index in [1.807, 2.05) is 30.3 Å². The summed E-state index contributed by atoms with van der Waals surface area (Å²) in [5, 5.41) is 8.98. The lowest BCUT2D eigenvalue weighted by atomic mass is 10.0. The van der Waals surface area contributed by atoms with E-state index in [1.165, 1.54) is 12.1 Å². The fourth-order valence-electron chi connectivity index (χ4n) is 3.41. The Hall–Kier alpha value is -3.80. The van der Waals surface area contributed by atoms with Gasteiger partial charge in [0.2, 0.25) is 0 Å². The highest BCUT2D eigenvalue weighted by molar-refractivity contribution is 5.87. The van der Waals surface area contributed by atoms with Gasteiger partial charge >= 0.3 is 12.1 Å². The number of ether oxygens (including phenoxy) is 1. The smallest absolute Gasteiger partial charge is 0.416 e. The van der Waals surface area contributed by atoms with Crippen LogP contribution >= 0.6 is 0 Å². The average Bonchev–Trinajstić information content (AvgIpc) is 2.83. The van der Waals surface area contributed by atoms with Crippen molar-refractivity contribution < 1.29 is 27.8 Å². The van der Waals surface area contributed by atoms with Gasteiger partial charge in [0.25, 0.3) is 0 Å². The summed E-state index contributed by atoms with van der Waals surface area (Å²) in [6.45, 7) is 4.18. The molecular formula is C28H25F3O3. The van der Waals surface area contributed by atoms with Crippen molar-refractivity contribution in [3.63, 3.8) is 0 Å². The molecule has 0 spiro atoms. The van der Waals surface area contributed by atoms with Crippen molar-refractivity contribution >= 4 is 5.97 Å². The molecule has 0 bridgehead atoms. The maximum absolute atomic E-state index is 12.7. The van der Waals surface area contributed by atoms with E-state index >= 15 is 0 Å². The standard InChI is InChI=1S/C28H25F3O3/c1-2-4-21(6-3-5-20-7-9-24(10-8-20)27(32)33)19-34-26-17-13-23(14-18-26)22-11-15-25(16-12-22)28(29,30)31/h2,6-18H,1,3-5,19H2,(H,32,33). The van der Waals surface area contributed by atoms with Crippen molar-refractivity contribution in [1.82, 2.24) is 0 Å². The molecule has 3 aromatic rings. The molecule has 1 N–H and O–H groups in total. The maximum Gasteiger partial charge on any atom is 0.416 e. The second-order valence-corrected chi connectivity index (χ2v) is 7.78. The number of carboxylic acid groups (broad SMARTS) is 1. The van der Waals surface area contributed by atoms with Gasteiger partial charge in [-0.15, -0.1) is 6.58 Å². The molecule has 3 nitrogen and oxygen atoms in total. The van der Waals surface area contributed by atoms with E-state index in [9.17, 15) is 18.0 Å². The van der Waals surface area contributed by atoms with Crippen molar-refractivity contribution in [2.45, 2.75) is 25.4 Å². The van der Waals surface area contributed by atoms with Gasteiger partial charge in [-0.3, -0.25) is 0 Å². The zero-order chi connectivity index (χ0) is 24.6. The van der Waals surface area contributed by atoms with E-state index in [-0.39, 0.29) is 5.56 Å². The SMILES string of the molecule is C=CCC(=CCCc1ccc(C(=O)O)cc1)COc1ccc(-c2ccc(C(F)(F)F)cc2)cc1. The lowest BCUT2D eigenvalue weighted by molar-refractivity contribution is -0.137. The van der Waals surface area contributed by atoms with Gasteiger partial charge in [0.05, 0.1) is 11.1 Å². The number of aryl methyl sites for hydroxylation is 1. The van der Waals surface area contributed by atoms with Crippen LogP contribution in [0.2, 0.25) is 0 Å². The van der Waals surface area contributed by atoms with Crippen molar-refractivity contribution in [3.05, 3.63) is 114 Å². The Balaban J connectivity index is 1.56. The molecule has 0 saturated heterocycles. The van der Waals surface area contributed by atoms with Gasteiger partial charge in [0, 0.05) is 0 Å². The minimum atomic E-state index is -4.35. The van der Waals surface area contributed by atoms with E-state index in [4.69, 9.17) is 9.84 Å². The number of benzene rings is 3. The second-order valence-electron chi connectivity index (χ2n) is 7.78. The number of hydrogen-bond donors (Lipinski definition) is 1. The van der Waals surface area contributed by atoms with Crippen LogP contribution in [0.5, 0.6) is 5.75 Å². The first-order chi connectivity index (χ1) is 16.3. The molecule has 0 radical (unpaired) electrons. The summed E-state index contributed by atoms with van der Waals surface area (Å²) in [6, 6.07) is 19.1. The number of halogens is 3. The number of alkyl halides is 3. The number of hydrogen-bond acceptors (Lipinski definition) is 2. The van der Waals surface area contributed by atoms with E-state index in [2.05, 4.69) is 12.7 Å². The van der Waals surface area contributed by atoms with Gasteiger partial charge in [0.1, 0.15) is 12.4 Å². The van der Waals surface area contributed by atoms with Crippen LogP contribution in [0.3, 0.4) is 0 Å². The molecule has 3 rings (SSSR count). The fraction of sp³-hybridized carbons (Fsp3) is 0.179. The molecule has 0 aliphatic heterocycles. The van der Waals surface area contributed by atoms with Gasteiger partial charge < -0.3 is 9.84 Å². The molecule has 0 unspecified atom stereocenters. The van der Waals surface area contributed by atoms with E-state index < -0.39 is 17.7 Å². The van der Waals surface area contributed by atoms with Crippen molar-refractivity contribution in [2.24, 2.45) is 0 Å². The van der Waals surface area contributed by atoms with Crippen LogP contribution in [0.1, 0.15) is 34.3 Å². The van der Waals surface area contributed by atoms with E-state index in [0.717, 1.165) is 41.7 Å². The molecule has 34 heavy (non-hydrogen) atoms. The molecular weight excluding hydrogens is 441 g/mol. The lowest BCUT2D eigenvalue weighted by Gasteiger charge is -2.11. The van der Waals surface area contributed by atoms with Crippen LogP contribution < -0.4 is 4.74 Å². The topological polar surface area (TPSA) is 46.5 Å². The molecule has 3 aromatic carbocycles. The summed E-state index contributed by atoms with van der Waals surface area (Å²) in [5.74, 6) is -0.279. The molecule has 0 aliphatic carbocycles. The van der Waals surface area contributed by atoms with Gasteiger partial charge in [0.15, 0.2) is 0 Å². The predicted molar refractivity (Wildman–Crippen MR) is 127 cm³/mol. The third kappa shape index (κ3) is 7.10. The molecule has 0 aliphatic rings. The Morgan fingerprint density at radius 1 is 0.912 bits per heavy atom. The highest BCUT2D eigenvalue weighted by Crippen LogP contribution is 2.31. The molecule has 176 valence electrons. The van der Waals surface area contributed by atoms with Crippen LogP contribution in [0.25, 0.3) is 11.1 Å². The molecule has 0 amide bonds. The number of rotatable bonds is 10. The Kier molecular flexibility index (Phi) is 8.30. The summed E-state index contributed by atoms with van der Waals surface area (Å²) < 4.78 is 44.1. The first-order valence-electron chi connectivity index (χ1n) is 10.8. The molecule has 6 heteroatoms. The average molecular weight is 466 g/mol. The molecule has 0 aromatic heterocycles. The number of carbonyl (C=O) groups is 1. The molecule has 0 atom stereocenters. The lowest BCUT2D eigenvalue weighted by Crippen LogP contribution is -2.04. The van der Waals surface area contributed by atoms with E-state index in [0.29, 0.717) is 24.3 Å². The van der Waals surface area contributed by atoms with Crippen molar-refractivity contribution in [3.8, 4) is 16.9 Å². The van der Waals surface area contributed by atoms with Gasteiger partial charge in [-0.1, -0.05) is 48.6 Å². The number of allylic oxidation sites excluding steroid dienone is 2. The van der Waals surface area contributed by atoms with Gasteiger partial charge in [-0.25, -0.2) is 4.79 Å². The first-order valence-corrected chi connectivity index (χ1v) is 10.8. The highest BCUT2D eigenvalue weighted by Gasteiger charge is 2.29. The summed E-state index contributed by atoms with van der Waals surface area (Å²) in [4.78, 5) is 10.9. The number of carboxylic acids is 1. The zero-order valence-electron chi connectivity index (χ0n) is 18.5. The molecule has 0 fully saturated rings. The normalized spacial score (nSPS) is 11.8. The van der Waals surface area contributed by atoms with Crippen LogP contribution in [-0.2, 0) is 12.6 Å². The first kappa shape index (κ1) is 24.8. The summed E-state index contributed by atoms with van der Waals surface area (Å²) >= 11 is 0. The quantitative estimate of drug-likeness (QED) is 0.313. The largest absolute Gasteiger partial charge is 0.489 e. The van der Waals surface area contributed by atoms with Crippen LogP contribution in [-0.4, -0.2) is 17.7 Å². The minimum Gasteiger partial charge on any atom is -0.489 e. The fourth-order valence-corrected chi connectivity index (χ4v) is 3.41.